The summed E-state index contributed by atoms with van der Waals surface area (Å²) in [5.74, 6) is -1.32. The lowest BCUT2D eigenvalue weighted by molar-refractivity contribution is 0.0351. The van der Waals surface area contributed by atoms with Crippen molar-refractivity contribution in [3.63, 3.8) is 0 Å². The minimum atomic E-state index is -0.595. The number of hydrogen-bond donors (Lipinski definition) is 1. The number of hydrogen-bond acceptors (Lipinski definition) is 6. The molecule has 9 heteroatoms. The van der Waals surface area contributed by atoms with Crippen molar-refractivity contribution < 1.29 is 28.2 Å². The van der Waals surface area contributed by atoms with E-state index in [2.05, 4.69) is 10.3 Å². The second kappa shape index (κ2) is 8.22. The third-order valence-corrected chi connectivity index (χ3v) is 5.19. The van der Waals surface area contributed by atoms with Gasteiger partial charge in [0.05, 0.1) is 23.9 Å². The number of alkyl carbamates (subject to hydrolysis) is 1. The number of fused-ring (bicyclic) bond motifs is 1. The number of nitrogens with one attached hydrogen (secondary N) is 1. The standard InChI is InChI=1S/C23H24FN3O5/c1-23(2,3)32-22(30)26-15-9-16(10-15)31-19-13(8-14(24)11-25-19)12-27-20(28)17-6-4-5-7-18(17)21(27)29/h4-8,11,15-16H,9-10,12H2,1-3H3,(H,26,30). The molecule has 1 fully saturated rings. The molecule has 0 saturated heterocycles. The van der Waals surface area contributed by atoms with Crippen LogP contribution in [0.2, 0.25) is 0 Å². The van der Waals surface area contributed by atoms with Gasteiger partial charge in [-0.05, 0) is 39.0 Å². The van der Waals surface area contributed by atoms with Crippen LogP contribution in [0.4, 0.5) is 9.18 Å². The van der Waals surface area contributed by atoms with Gasteiger partial charge in [0, 0.05) is 24.4 Å². The topological polar surface area (TPSA) is 97.8 Å². The lowest BCUT2D eigenvalue weighted by atomic mass is 9.89. The third-order valence-electron chi connectivity index (χ3n) is 5.19. The number of aromatic nitrogens is 1. The summed E-state index contributed by atoms with van der Waals surface area (Å²) >= 11 is 0. The zero-order valence-corrected chi connectivity index (χ0v) is 18.1. The first-order valence-corrected chi connectivity index (χ1v) is 10.4. The van der Waals surface area contributed by atoms with E-state index < -0.39 is 29.3 Å². The zero-order chi connectivity index (χ0) is 23.0. The van der Waals surface area contributed by atoms with Crippen LogP contribution in [0.1, 0.15) is 59.9 Å². The minimum absolute atomic E-state index is 0.102. The summed E-state index contributed by atoms with van der Waals surface area (Å²) in [5, 5.41) is 2.77. The highest BCUT2D eigenvalue weighted by Gasteiger charge is 2.37. The molecule has 168 valence electrons. The van der Waals surface area contributed by atoms with Crippen LogP contribution in [0.25, 0.3) is 0 Å². The van der Waals surface area contributed by atoms with Gasteiger partial charge in [0.2, 0.25) is 5.88 Å². The second-order valence-corrected chi connectivity index (χ2v) is 8.91. The lowest BCUT2D eigenvalue weighted by Gasteiger charge is -2.36. The van der Waals surface area contributed by atoms with Crippen LogP contribution >= 0.6 is 0 Å². The Kier molecular flexibility index (Phi) is 5.58. The SMILES string of the molecule is CC(C)(C)OC(=O)NC1CC(Oc2ncc(F)cc2CN2C(=O)c3ccccc3C2=O)C1. The molecule has 1 aliphatic heterocycles. The Morgan fingerprint density at radius 3 is 2.41 bits per heavy atom. The van der Waals surface area contributed by atoms with Gasteiger partial charge in [-0.1, -0.05) is 12.1 Å². The molecule has 1 saturated carbocycles. The molecular weight excluding hydrogens is 417 g/mol. The van der Waals surface area contributed by atoms with Gasteiger partial charge in [0.1, 0.15) is 17.5 Å². The summed E-state index contributed by atoms with van der Waals surface area (Å²) in [7, 11) is 0. The summed E-state index contributed by atoms with van der Waals surface area (Å²) in [6, 6.07) is 7.65. The van der Waals surface area contributed by atoms with E-state index >= 15 is 0 Å². The lowest BCUT2D eigenvalue weighted by Crippen LogP contribution is -2.50. The van der Waals surface area contributed by atoms with E-state index in [1.807, 2.05) is 0 Å². The maximum atomic E-state index is 13.9. The van der Waals surface area contributed by atoms with E-state index in [1.54, 1.807) is 45.0 Å². The fourth-order valence-corrected chi connectivity index (χ4v) is 3.65. The molecule has 2 heterocycles. The van der Waals surface area contributed by atoms with E-state index in [0.717, 1.165) is 11.1 Å². The first kappa shape index (κ1) is 21.7. The summed E-state index contributed by atoms with van der Waals surface area (Å²) in [5.41, 5.74) is 0.350. The highest BCUT2D eigenvalue weighted by Crippen LogP contribution is 2.30. The van der Waals surface area contributed by atoms with E-state index in [0.29, 0.717) is 29.5 Å². The fraction of sp³-hybridized carbons (Fsp3) is 0.391. The number of rotatable bonds is 5. The van der Waals surface area contributed by atoms with Gasteiger partial charge in [-0.3, -0.25) is 14.5 Å². The molecule has 0 spiro atoms. The maximum Gasteiger partial charge on any atom is 0.407 e. The average molecular weight is 441 g/mol. The van der Waals surface area contributed by atoms with Crippen molar-refractivity contribution in [3.05, 3.63) is 59.0 Å². The Balaban J connectivity index is 1.40. The van der Waals surface area contributed by atoms with Crippen molar-refractivity contribution in [1.29, 1.82) is 0 Å². The molecule has 1 N–H and O–H groups in total. The summed E-state index contributed by atoms with van der Waals surface area (Å²) in [6.45, 7) is 5.21. The Labute approximate surface area is 184 Å². The van der Waals surface area contributed by atoms with Gasteiger partial charge >= 0.3 is 6.09 Å². The van der Waals surface area contributed by atoms with Gasteiger partial charge in [-0.2, -0.15) is 0 Å². The zero-order valence-electron chi connectivity index (χ0n) is 18.1. The number of carbonyl (C=O) groups is 3. The molecule has 0 atom stereocenters. The minimum Gasteiger partial charge on any atom is -0.474 e. The van der Waals surface area contributed by atoms with Crippen molar-refractivity contribution >= 4 is 17.9 Å². The van der Waals surface area contributed by atoms with Crippen LogP contribution < -0.4 is 10.1 Å². The first-order chi connectivity index (χ1) is 15.1. The predicted molar refractivity (Wildman–Crippen MR) is 112 cm³/mol. The van der Waals surface area contributed by atoms with Crippen LogP contribution in [-0.2, 0) is 11.3 Å². The van der Waals surface area contributed by atoms with Gasteiger partial charge in [-0.15, -0.1) is 0 Å². The molecular formula is C23H24FN3O5. The van der Waals surface area contributed by atoms with Gasteiger partial charge in [0.15, 0.2) is 0 Å². The maximum absolute atomic E-state index is 13.9. The first-order valence-electron chi connectivity index (χ1n) is 10.4. The van der Waals surface area contributed by atoms with Gasteiger partial charge in [0.25, 0.3) is 11.8 Å². The van der Waals surface area contributed by atoms with Crippen molar-refractivity contribution in [1.82, 2.24) is 15.2 Å². The molecule has 3 amide bonds. The smallest absolute Gasteiger partial charge is 0.407 e. The number of pyridine rings is 1. The number of carbonyl (C=O) groups excluding carboxylic acids is 3. The second-order valence-electron chi connectivity index (χ2n) is 8.91. The van der Waals surface area contributed by atoms with E-state index in [-0.39, 0.29) is 24.6 Å². The summed E-state index contributed by atoms with van der Waals surface area (Å²) in [4.78, 5) is 42.2. The molecule has 0 bridgehead atoms. The van der Waals surface area contributed by atoms with Crippen LogP contribution in [0.3, 0.4) is 0 Å². The molecule has 1 aromatic heterocycles. The number of amides is 3. The largest absolute Gasteiger partial charge is 0.474 e. The van der Waals surface area contributed by atoms with Crippen LogP contribution in [0.5, 0.6) is 5.88 Å². The molecule has 2 aromatic rings. The molecule has 1 aliphatic carbocycles. The van der Waals surface area contributed by atoms with Gasteiger partial charge < -0.3 is 14.8 Å². The third kappa shape index (κ3) is 4.56. The van der Waals surface area contributed by atoms with Crippen LogP contribution in [0, 0.1) is 5.82 Å². The summed E-state index contributed by atoms with van der Waals surface area (Å²) < 4.78 is 25.0. The molecule has 32 heavy (non-hydrogen) atoms. The number of imide groups is 1. The van der Waals surface area contributed by atoms with Crippen molar-refractivity contribution in [2.45, 2.75) is 57.9 Å². The monoisotopic (exact) mass is 441 g/mol. The summed E-state index contributed by atoms with van der Waals surface area (Å²) in [6.07, 6.45) is 1.35. The van der Waals surface area contributed by atoms with Crippen molar-refractivity contribution in [2.75, 3.05) is 0 Å². The van der Waals surface area contributed by atoms with Crippen LogP contribution in [-0.4, -0.2) is 45.5 Å². The molecule has 2 aliphatic rings. The average Bonchev–Trinajstić information content (AvgIpc) is 2.92. The van der Waals surface area contributed by atoms with Crippen molar-refractivity contribution in [3.8, 4) is 5.88 Å². The molecule has 1 aromatic carbocycles. The highest BCUT2D eigenvalue weighted by atomic mass is 19.1. The number of nitrogens with zero attached hydrogens (tertiary/aromatic N) is 2. The number of ether oxygens (including phenoxy) is 2. The predicted octanol–water partition coefficient (Wildman–Crippen LogP) is 3.45. The molecule has 4 rings (SSSR count). The van der Waals surface area contributed by atoms with Gasteiger partial charge in [-0.25, -0.2) is 14.2 Å². The molecule has 0 radical (unpaired) electrons. The number of halogens is 1. The highest BCUT2D eigenvalue weighted by molar-refractivity contribution is 6.21. The van der Waals surface area contributed by atoms with E-state index in [9.17, 15) is 18.8 Å². The van der Waals surface area contributed by atoms with E-state index in [1.165, 1.54) is 6.07 Å². The molecule has 0 unspecified atom stereocenters. The Hall–Kier alpha value is -3.49. The fourth-order valence-electron chi connectivity index (χ4n) is 3.65. The Bertz CT molecular complexity index is 1040. The molecule has 8 nitrogen and oxygen atoms in total. The Morgan fingerprint density at radius 1 is 1.19 bits per heavy atom. The van der Waals surface area contributed by atoms with Crippen molar-refractivity contribution in [2.24, 2.45) is 0 Å². The normalized spacial score (nSPS) is 19.9. The quantitative estimate of drug-likeness (QED) is 0.714. The van der Waals surface area contributed by atoms with Crippen LogP contribution in [0.15, 0.2) is 36.5 Å². The van der Waals surface area contributed by atoms with E-state index in [4.69, 9.17) is 9.47 Å². The number of benzene rings is 1. The Morgan fingerprint density at radius 2 is 1.81 bits per heavy atom.